The van der Waals surface area contributed by atoms with Gasteiger partial charge in [-0.3, -0.25) is 0 Å². The van der Waals surface area contributed by atoms with Gasteiger partial charge in [-0.2, -0.15) is 0 Å². The van der Waals surface area contributed by atoms with E-state index in [0.717, 1.165) is 6.54 Å². The Hall–Kier alpha value is -0.810. The van der Waals surface area contributed by atoms with Crippen molar-refractivity contribution in [1.29, 1.82) is 0 Å². The number of methoxy groups -OCH3 is 1. The maximum atomic E-state index is 8.37. The van der Waals surface area contributed by atoms with Gasteiger partial charge < -0.3 is 21.0 Å². The molecule has 0 spiro atoms. The predicted octanol–water partition coefficient (Wildman–Crippen LogP) is -0.00660. The number of nitrogens with two attached hydrogens (primary N) is 1. The summed E-state index contributed by atoms with van der Waals surface area (Å²) in [5, 5.41) is 14.4. The number of hydrogen-bond donors (Lipinski definition) is 3. The van der Waals surface area contributed by atoms with E-state index in [2.05, 4.69) is 17.4 Å². The molecule has 0 aliphatic carbocycles. The van der Waals surface area contributed by atoms with E-state index in [0.29, 0.717) is 12.5 Å². The van der Waals surface area contributed by atoms with Gasteiger partial charge in [-0.1, -0.05) is 12.1 Å². The van der Waals surface area contributed by atoms with Crippen LogP contribution in [0.1, 0.15) is 13.8 Å². The van der Waals surface area contributed by atoms with Gasteiger partial charge in [0.15, 0.2) is 5.84 Å². The van der Waals surface area contributed by atoms with Crippen molar-refractivity contribution in [2.75, 3.05) is 20.3 Å². The number of amidine groups is 1. The summed E-state index contributed by atoms with van der Waals surface area (Å²) in [5.74, 6) is 0.614. The zero-order valence-electron chi connectivity index (χ0n) is 8.45. The van der Waals surface area contributed by atoms with Crippen molar-refractivity contribution < 1.29 is 9.94 Å². The minimum Gasteiger partial charge on any atom is -0.409 e. The van der Waals surface area contributed by atoms with Gasteiger partial charge in [0.05, 0.1) is 6.04 Å². The molecule has 0 aromatic heterocycles. The average Bonchev–Trinajstić information content (AvgIpc) is 2.13. The van der Waals surface area contributed by atoms with Crippen LogP contribution >= 0.6 is 0 Å². The largest absolute Gasteiger partial charge is 0.409 e. The van der Waals surface area contributed by atoms with Gasteiger partial charge in [-0.05, 0) is 12.8 Å². The molecule has 2 atom stereocenters. The molecule has 0 aromatic carbocycles. The third-order valence-corrected chi connectivity index (χ3v) is 1.78. The number of oxime groups is 1. The molecule has 0 saturated heterocycles. The highest BCUT2D eigenvalue weighted by Crippen LogP contribution is 1.93. The zero-order chi connectivity index (χ0) is 10.3. The third-order valence-electron chi connectivity index (χ3n) is 1.78. The van der Waals surface area contributed by atoms with E-state index in [1.807, 2.05) is 6.92 Å². The topological polar surface area (TPSA) is 79.9 Å². The van der Waals surface area contributed by atoms with Crippen LogP contribution in [0.3, 0.4) is 0 Å². The number of rotatable bonds is 6. The second kappa shape index (κ2) is 6.68. The Morgan fingerprint density at radius 2 is 2.23 bits per heavy atom. The monoisotopic (exact) mass is 189 g/mol. The van der Waals surface area contributed by atoms with Crippen LogP contribution in [0.4, 0.5) is 0 Å². The van der Waals surface area contributed by atoms with Crippen molar-refractivity contribution >= 4 is 5.84 Å². The van der Waals surface area contributed by atoms with Crippen molar-refractivity contribution in [2.24, 2.45) is 16.8 Å². The van der Waals surface area contributed by atoms with Gasteiger partial charge in [0.25, 0.3) is 0 Å². The fraction of sp³-hybridized carbons (Fsp3) is 0.875. The van der Waals surface area contributed by atoms with Crippen molar-refractivity contribution in [3.63, 3.8) is 0 Å². The maximum Gasteiger partial charge on any atom is 0.156 e. The predicted molar refractivity (Wildman–Crippen MR) is 51.9 cm³/mol. The van der Waals surface area contributed by atoms with E-state index in [9.17, 15) is 0 Å². The van der Waals surface area contributed by atoms with Crippen LogP contribution in [0.25, 0.3) is 0 Å². The molecule has 0 bridgehead atoms. The van der Waals surface area contributed by atoms with Crippen LogP contribution < -0.4 is 11.1 Å². The van der Waals surface area contributed by atoms with Gasteiger partial charge >= 0.3 is 0 Å². The summed E-state index contributed by atoms with van der Waals surface area (Å²) in [7, 11) is 1.67. The molecule has 0 saturated carbocycles. The fourth-order valence-electron chi connectivity index (χ4n) is 0.913. The van der Waals surface area contributed by atoms with Gasteiger partial charge in [0.1, 0.15) is 0 Å². The molecule has 0 amide bonds. The van der Waals surface area contributed by atoms with E-state index < -0.39 is 0 Å². The van der Waals surface area contributed by atoms with Crippen LogP contribution in [-0.2, 0) is 4.74 Å². The molecule has 5 heteroatoms. The summed E-state index contributed by atoms with van der Waals surface area (Å²) in [4.78, 5) is 0. The highest BCUT2D eigenvalue weighted by Gasteiger charge is 2.08. The molecule has 0 fully saturated rings. The van der Waals surface area contributed by atoms with E-state index >= 15 is 0 Å². The van der Waals surface area contributed by atoms with Gasteiger partial charge in [-0.25, -0.2) is 0 Å². The molecule has 0 radical (unpaired) electrons. The first-order chi connectivity index (χ1) is 6.11. The van der Waals surface area contributed by atoms with Crippen LogP contribution in [-0.4, -0.2) is 37.3 Å². The first-order valence-electron chi connectivity index (χ1n) is 4.31. The van der Waals surface area contributed by atoms with Crippen molar-refractivity contribution in [3.8, 4) is 0 Å². The summed E-state index contributed by atoms with van der Waals surface area (Å²) in [5.41, 5.74) is 5.38. The lowest BCUT2D eigenvalue weighted by atomic mass is 10.2. The Kier molecular flexibility index (Phi) is 6.26. The van der Waals surface area contributed by atoms with E-state index in [1.54, 1.807) is 7.11 Å². The molecule has 5 nitrogen and oxygen atoms in total. The second-order valence-electron chi connectivity index (χ2n) is 3.22. The molecule has 0 aromatic rings. The van der Waals surface area contributed by atoms with E-state index in [-0.39, 0.29) is 11.9 Å². The Labute approximate surface area is 78.9 Å². The number of ether oxygens (including phenoxy) is 1. The van der Waals surface area contributed by atoms with Crippen LogP contribution in [0.15, 0.2) is 5.16 Å². The molecule has 2 unspecified atom stereocenters. The second-order valence-corrected chi connectivity index (χ2v) is 3.22. The Balaban J connectivity index is 3.63. The summed E-state index contributed by atoms with van der Waals surface area (Å²) >= 11 is 0. The molecular formula is C8H19N3O2. The molecule has 0 aliphatic heterocycles. The molecule has 0 aliphatic rings. The Bertz CT molecular complexity index is 161. The molecular weight excluding hydrogens is 170 g/mol. The summed E-state index contributed by atoms with van der Waals surface area (Å²) in [6, 6.07) is -0.107. The van der Waals surface area contributed by atoms with Crippen molar-refractivity contribution in [3.05, 3.63) is 0 Å². The lowest BCUT2D eigenvalue weighted by molar-refractivity contribution is 0.158. The minimum absolute atomic E-state index is 0.107. The van der Waals surface area contributed by atoms with E-state index in [1.165, 1.54) is 0 Å². The molecule has 78 valence electrons. The fourth-order valence-corrected chi connectivity index (χ4v) is 0.913. The quantitative estimate of drug-likeness (QED) is 0.238. The van der Waals surface area contributed by atoms with Crippen LogP contribution in [0, 0.1) is 5.92 Å². The highest BCUT2D eigenvalue weighted by atomic mass is 16.5. The number of nitrogens with zero attached hydrogens (tertiary/aromatic N) is 1. The normalized spacial score (nSPS) is 17.0. The van der Waals surface area contributed by atoms with Crippen LogP contribution in [0.5, 0.6) is 0 Å². The smallest absolute Gasteiger partial charge is 0.156 e. The minimum atomic E-state index is -0.107. The van der Waals surface area contributed by atoms with Crippen molar-refractivity contribution in [2.45, 2.75) is 19.9 Å². The molecule has 0 rings (SSSR count). The van der Waals surface area contributed by atoms with E-state index in [4.69, 9.17) is 15.7 Å². The maximum absolute atomic E-state index is 8.37. The number of nitrogens with one attached hydrogen (secondary N) is 1. The van der Waals surface area contributed by atoms with Gasteiger partial charge in [0.2, 0.25) is 0 Å². The first kappa shape index (κ1) is 12.2. The molecule has 0 heterocycles. The lowest BCUT2D eigenvalue weighted by Gasteiger charge is -2.15. The third kappa shape index (κ3) is 5.43. The summed E-state index contributed by atoms with van der Waals surface area (Å²) in [6.07, 6.45) is 0. The van der Waals surface area contributed by atoms with Crippen LogP contribution in [0.2, 0.25) is 0 Å². The zero-order valence-corrected chi connectivity index (χ0v) is 8.45. The summed E-state index contributed by atoms with van der Waals surface area (Å²) in [6.45, 7) is 5.39. The van der Waals surface area contributed by atoms with Gasteiger partial charge in [0, 0.05) is 20.3 Å². The first-order valence-corrected chi connectivity index (χ1v) is 4.31. The Morgan fingerprint density at radius 3 is 2.69 bits per heavy atom. The van der Waals surface area contributed by atoms with Crippen molar-refractivity contribution in [1.82, 2.24) is 5.32 Å². The summed E-state index contributed by atoms with van der Waals surface area (Å²) < 4.78 is 4.97. The lowest BCUT2D eigenvalue weighted by Crippen LogP contribution is -2.41. The SMILES string of the molecule is COCC(C)CNC(C)C(N)=NO. The molecule has 13 heavy (non-hydrogen) atoms. The average molecular weight is 189 g/mol. The Morgan fingerprint density at radius 1 is 1.62 bits per heavy atom. The highest BCUT2D eigenvalue weighted by molar-refractivity contribution is 5.84. The standard InChI is InChI=1S/C8H19N3O2/c1-6(5-13-3)4-10-7(2)8(9)11-12/h6-7,10,12H,4-5H2,1-3H3,(H2,9,11). The number of hydrogen-bond acceptors (Lipinski definition) is 4. The molecule has 4 N–H and O–H groups in total. The van der Waals surface area contributed by atoms with Gasteiger partial charge in [-0.15, -0.1) is 0 Å².